The number of Topliss-reactive ketones (excluding diaryl/α,β-unsaturated/α-hetero) is 1. The molecular weight excluding hydrogens is 358 g/mol. The summed E-state index contributed by atoms with van der Waals surface area (Å²) in [5.74, 6) is 0.114. The Labute approximate surface area is 153 Å². The fraction of sp³-hybridized carbons (Fsp3) is 0.235. The monoisotopic (exact) mass is 375 g/mol. The van der Waals surface area contributed by atoms with Crippen molar-refractivity contribution in [3.05, 3.63) is 58.3 Å². The summed E-state index contributed by atoms with van der Waals surface area (Å²) in [5.41, 5.74) is 0.733. The quantitative estimate of drug-likeness (QED) is 0.460. The highest BCUT2D eigenvalue weighted by Crippen LogP contribution is 2.30. The minimum atomic E-state index is -0.181. The zero-order valence-corrected chi connectivity index (χ0v) is 15.6. The van der Waals surface area contributed by atoms with Crippen LogP contribution in [0.4, 0.5) is 5.13 Å². The Morgan fingerprint density at radius 1 is 1.21 bits per heavy atom. The molecule has 4 nitrogen and oxygen atoms in total. The van der Waals surface area contributed by atoms with Gasteiger partial charge in [0.2, 0.25) is 5.13 Å². The van der Waals surface area contributed by atoms with Crippen LogP contribution in [0.5, 0.6) is 0 Å². The van der Waals surface area contributed by atoms with Crippen LogP contribution in [-0.4, -0.2) is 27.8 Å². The second kappa shape index (κ2) is 8.41. The van der Waals surface area contributed by atoms with Crippen LogP contribution in [0, 0.1) is 0 Å². The summed E-state index contributed by atoms with van der Waals surface area (Å²) < 4.78 is 0.811. The average Bonchev–Trinajstić information content (AvgIpc) is 3.27. The lowest BCUT2D eigenvalue weighted by Gasteiger charge is -2.07. The molecule has 2 aromatic heterocycles. The third-order valence-electron chi connectivity index (χ3n) is 3.34. The molecule has 0 spiro atoms. The highest BCUT2D eigenvalue weighted by atomic mass is 32.2. The van der Waals surface area contributed by atoms with Crippen molar-refractivity contribution in [2.75, 3.05) is 11.9 Å². The molecule has 1 aromatic carbocycles. The minimum absolute atomic E-state index is 0.114. The summed E-state index contributed by atoms with van der Waals surface area (Å²) in [6.45, 7) is 2.74. The van der Waals surface area contributed by atoms with Gasteiger partial charge in [-0.1, -0.05) is 59.5 Å². The Morgan fingerprint density at radius 2 is 2.04 bits per heavy atom. The molecule has 0 radical (unpaired) electrons. The largest absolute Gasteiger partial charge is 0.360 e. The van der Waals surface area contributed by atoms with E-state index in [1.807, 2.05) is 37.3 Å². The maximum atomic E-state index is 12.4. The van der Waals surface area contributed by atoms with E-state index in [1.54, 1.807) is 11.3 Å². The van der Waals surface area contributed by atoms with Crippen molar-refractivity contribution in [3.8, 4) is 0 Å². The summed E-state index contributed by atoms with van der Waals surface area (Å²) in [6.07, 6.45) is 0.975. The molecular formula is C17H17N3OS3. The van der Waals surface area contributed by atoms with Crippen molar-refractivity contribution in [3.63, 3.8) is 0 Å². The van der Waals surface area contributed by atoms with Gasteiger partial charge in [0.1, 0.15) is 0 Å². The number of thiophene rings is 1. The van der Waals surface area contributed by atoms with E-state index in [1.165, 1.54) is 28.0 Å². The maximum absolute atomic E-state index is 12.4. The van der Waals surface area contributed by atoms with Crippen LogP contribution in [0.1, 0.15) is 22.2 Å². The summed E-state index contributed by atoms with van der Waals surface area (Å²) in [6, 6.07) is 13.5. The van der Waals surface area contributed by atoms with Crippen LogP contribution in [0.2, 0.25) is 0 Å². The highest BCUT2D eigenvalue weighted by Gasteiger charge is 2.18. The smallest absolute Gasteiger partial charge is 0.206 e. The van der Waals surface area contributed by atoms with Gasteiger partial charge in [0.25, 0.3) is 0 Å². The molecule has 0 bridgehead atoms. The molecule has 0 saturated carbocycles. The lowest BCUT2D eigenvalue weighted by Crippen LogP contribution is -2.13. The Morgan fingerprint density at radius 3 is 2.79 bits per heavy atom. The molecule has 0 aliphatic rings. The van der Waals surface area contributed by atoms with Crippen LogP contribution < -0.4 is 5.32 Å². The average molecular weight is 376 g/mol. The van der Waals surface area contributed by atoms with E-state index < -0.39 is 0 Å². The molecule has 1 N–H and O–H groups in total. The molecule has 0 aliphatic heterocycles. The van der Waals surface area contributed by atoms with E-state index in [-0.39, 0.29) is 11.0 Å². The van der Waals surface area contributed by atoms with Crippen LogP contribution >= 0.6 is 34.4 Å². The highest BCUT2D eigenvalue weighted by molar-refractivity contribution is 8.02. The zero-order valence-electron chi connectivity index (χ0n) is 13.1. The van der Waals surface area contributed by atoms with Crippen molar-refractivity contribution >= 4 is 45.4 Å². The van der Waals surface area contributed by atoms with E-state index in [2.05, 4.69) is 33.0 Å². The summed E-state index contributed by atoms with van der Waals surface area (Å²) in [7, 11) is 0. The first kappa shape index (κ1) is 17.1. The predicted octanol–water partition coefficient (Wildman–Crippen LogP) is 4.62. The Bertz CT molecular complexity index is 772. The van der Waals surface area contributed by atoms with Crippen molar-refractivity contribution in [1.29, 1.82) is 0 Å². The van der Waals surface area contributed by atoms with Gasteiger partial charge in [-0.3, -0.25) is 4.79 Å². The zero-order chi connectivity index (χ0) is 16.8. The van der Waals surface area contributed by atoms with E-state index in [9.17, 15) is 4.79 Å². The van der Waals surface area contributed by atoms with E-state index in [0.29, 0.717) is 0 Å². The third-order valence-corrected chi connectivity index (χ3v) is 6.34. The first-order chi connectivity index (χ1) is 11.7. The second-order valence-electron chi connectivity index (χ2n) is 5.12. The number of hydrogen-bond donors (Lipinski definition) is 1. The molecule has 7 heteroatoms. The normalized spacial score (nSPS) is 12.0. The fourth-order valence-corrected chi connectivity index (χ4v) is 4.83. The molecule has 0 aliphatic carbocycles. The van der Waals surface area contributed by atoms with E-state index in [0.717, 1.165) is 28.0 Å². The number of carbonyl (C=O) groups is 1. The molecule has 0 amide bonds. The number of rotatable bonds is 8. The van der Waals surface area contributed by atoms with Gasteiger partial charge < -0.3 is 5.32 Å². The molecule has 0 saturated heterocycles. The van der Waals surface area contributed by atoms with Crippen LogP contribution in [0.25, 0.3) is 0 Å². The van der Waals surface area contributed by atoms with Gasteiger partial charge >= 0.3 is 0 Å². The van der Waals surface area contributed by atoms with Gasteiger partial charge in [0, 0.05) is 17.0 Å². The number of benzene rings is 1. The van der Waals surface area contributed by atoms with Gasteiger partial charge in [0.05, 0.1) is 5.25 Å². The fourth-order valence-electron chi connectivity index (χ4n) is 2.12. The summed E-state index contributed by atoms with van der Waals surface area (Å²) in [5, 5.41) is 14.3. The van der Waals surface area contributed by atoms with Gasteiger partial charge in [0.15, 0.2) is 10.1 Å². The van der Waals surface area contributed by atoms with Gasteiger partial charge in [-0.2, -0.15) is 0 Å². The first-order valence-corrected chi connectivity index (χ1v) is 10.2. The van der Waals surface area contributed by atoms with Crippen LogP contribution in [0.15, 0.2) is 52.2 Å². The van der Waals surface area contributed by atoms with Crippen molar-refractivity contribution in [2.24, 2.45) is 0 Å². The molecule has 1 unspecified atom stereocenters. The number of nitrogens with zero attached hydrogens (tertiary/aromatic N) is 2. The number of aromatic nitrogens is 2. The molecule has 3 aromatic rings. The second-order valence-corrected chi connectivity index (χ2v) is 8.72. The van der Waals surface area contributed by atoms with E-state index >= 15 is 0 Å². The molecule has 2 heterocycles. The molecule has 24 heavy (non-hydrogen) atoms. The number of anilines is 1. The van der Waals surface area contributed by atoms with Gasteiger partial charge in [-0.15, -0.1) is 21.5 Å². The van der Waals surface area contributed by atoms with Crippen molar-refractivity contribution in [1.82, 2.24) is 10.2 Å². The molecule has 124 valence electrons. The van der Waals surface area contributed by atoms with Crippen molar-refractivity contribution < 1.29 is 4.79 Å². The summed E-state index contributed by atoms with van der Waals surface area (Å²) >= 11 is 4.71. The third kappa shape index (κ3) is 4.66. The first-order valence-electron chi connectivity index (χ1n) is 7.58. The van der Waals surface area contributed by atoms with Gasteiger partial charge in [-0.25, -0.2) is 0 Å². The number of thioether (sulfide) groups is 1. The number of carbonyl (C=O) groups excluding carboxylic acids is 1. The van der Waals surface area contributed by atoms with Crippen LogP contribution in [0.3, 0.4) is 0 Å². The van der Waals surface area contributed by atoms with Crippen LogP contribution in [-0.2, 0) is 6.42 Å². The molecule has 3 rings (SSSR count). The maximum Gasteiger partial charge on any atom is 0.206 e. The Balaban J connectivity index is 1.51. The Kier molecular flexibility index (Phi) is 6.01. The number of ketones is 1. The lowest BCUT2D eigenvalue weighted by atomic mass is 10.1. The molecule has 0 fully saturated rings. The predicted molar refractivity (Wildman–Crippen MR) is 103 cm³/mol. The standard InChI is InChI=1S/C17H17N3OS3/c1-12(15(21)13-6-3-2-4-7-13)23-17-20-19-16(24-17)18-10-9-14-8-5-11-22-14/h2-8,11-12H,9-10H2,1H3,(H,18,19). The van der Waals surface area contributed by atoms with Crippen molar-refractivity contribution in [2.45, 2.75) is 22.9 Å². The number of hydrogen-bond acceptors (Lipinski definition) is 7. The van der Waals surface area contributed by atoms with E-state index in [4.69, 9.17) is 0 Å². The SMILES string of the molecule is CC(Sc1nnc(NCCc2cccs2)s1)C(=O)c1ccccc1. The lowest BCUT2D eigenvalue weighted by molar-refractivity contribution is 0.0994. The van der Waals surface area contributed by atoms with Gasteiger partial charge in [-0.05, 0) is 24.8 Å². The Hall–Kier alpha value is -1.70. The minimum Gasteiger partial charge on any atom is -0.360 e. The summed E-state index contributed by atoms with van der Waals surface area (Å²) in [4.78, 5) is 13.7. The molecule has 1 atom stereocenters. The number of nitrogens with one attached hydrogen (secondary N) is 1. The topological polar surface area (TPSA) is 54.9 Å².